The Morgan fingerprint density at radius 2 is 1.44 bits per heavy atom. The number of anilines is 1. The van der Waals surface area contributed by atoms with Gasteiger partial charge in [0.05, 0.1) is 30.4 Å². The summed E-state index contributed by atoms with van der Waals surface area (Å²) in [6.45, 7) is 15.6. The first-order valence-electron chi connectivity index (χ1n) is 29.0. The van der Waals surface area contributed by atoms with E-state index in [-0.39, 0.29) is 51.6 Å². The van der Waals surface area contributed by atoms with Crippen LogP contribution >= 0.6 is 23.5 Å². The molecule has 0 spiro atoms. The summed E-state index contributed by atoms with van der Waals surface area (Å²) in [5.41, 5.74) is 9.15. The highest BCUT2D eigenvalue weighted by Gasteiger charge is 2.38. The van der Waals surface area contributed by atoms with Crippen molar-refractivity contribution >= 4 is 68.9 Å². The van der Waals surface area contributed by atoms with E-state index < -0.39 is 47.7 Å². The van der Waals surface area contributed by atoms with Crippen LogP contribution in [0.2, 0.25) is 0 Å². The first-order chi connectivity index (χ1) is 42.6. The molecule has 0 radical (unpaired) electrons. The van der Waals surface area contributed by atoms with E-state index in [1.807, 2.05) is 25.1 Å². The molecular formula is C64H67N4O19P3-2. The molecule has 2 saturated heterocycles. The van der Waals surface area contributed by atoms with Crippen molar-refractivity contribution in [3.05, 3.63) is 146 Å². The molecule has 90 heavy (non-hydrogen) atoms. The van der Waals surface area contributed by atoms with Crippen molar-refractivity contribution in [3.63, 3.8) is 0 Å². The highest BCUT2D eigenvalue weighted by Crippen LogP contribution is 2.61. The van der Waals surface area contributed by atoms with Crippen LogP contribution in [-0.2, 0) is 31.6 Å². The van der Waals surface area contributed by atoms with Gasteiger partial charge >= 0.3 is 5.97 Å². The number of nitrogens with one attached hydrogen (secondary N) is 3. The topological polar surface area (TPSA) is 354 Å². The number of nitrogens with zero attached hydrogens (tertiary/aromatic N) is 1. The maximum Gasteiger partial charge on any atom is 0.336 e. The monoisotopic (exact) mass is 1290 g/mol. The molecule has 4 heterocycles. The number of amides is 2. The summed E-state index contributed by atoms with van der Waals surface area (Å²) in [4.78, 5) is 99.5. The zero-order valence-corrected chi connectivity index (χ0v) is 53.0. The second kappa shape index (κ2) is 27.3. The predicted octanol–water partition coefficient (Wildman–Crippen LogP) is 8.05. The fourth-order valence-electron chi connectivity index (χ4n) is 11.5. The zero-order valence-electron chi connectivity index (χ0n) is 50.3. The Kier molecular flexibility index (Phi) is 20.2. The van der Waals surface area contributed by atoms with Crippen LogP contribution in [0.3, 0.4) is 0 Å². The van der Waals surface area contributed by atoms with E-state index in [9.17, 15) is 57.8 Å². The third-order valence-corrected chi connectivity index (χ3v) is 19.5. The van der Waals surface area contributed by atoms with E-state index >= 15 is 0 Å². The van der Waals surface area contributed by atoms with Crippen molar-refractivity contribution in [1.82, 2.24) is 10.2 Å². The van der Waals surface area contributed by atoms with Gasteiger partial charge in [-0.1, -0.05) is 12.1 Å². The number of carbonyl (C=O) groups excluding carboxylic acids is 2. The van der Waals surface area contributed by atoms with Gasteiger partial charge in [0.2, 0.25) is 5.36 Å². The molecule has 0 aromatic heterocycles. The fourth-order valence-corrected chi connectivity index (χ4v) is 14.4. The van der Waals surface area contributed by atoms with Crippen LogP contribution in [0.25, 0.3) is 66.8 Å². The summed E-state index contributed by atoms with van der Waals surface area (Å²) in [6, 6.07) is 27.7. The maximum absolute atomic E-state index is 14.4. The molecular weight excluding hydrogens is 1220 g/mol. The van der Waals surface area contributed by atoms with Gasteiger partial charge in [-0.15, -0.1) is 11.8 Å². The first kappa shape index (κ1) is 66.6. The molecule has 2 fully saturated rings. The minimum atomic E-state index is -5.83. The van der Waals surface area contributed by atoms with Crippen molar-refractivity contribution in [3.8, 4) is 62.5 Å². The van der Waals surface area contributed by atoms with E-state index in [1.54, 1.807) is 43.0 Å². The molecule has 6 aliphatic rings. The number of phosphoric ester groups is 1. The molecule has 10 rings (SSSR count). The number of ether oxygens (including phenoxy) is 1. The van der Waals surface area contributed by atoms with E-state index in [0.29, 0.717) is 79.3 Å². The Morgan fingerprint density at radius 1 is 0.767 bits per heavy atom. The number of likely N-dealkylation sites (tertiary alicyclic amines) is 1. The third-order valence-electron chi connectivity index (χ3n) is 15.8. The summed E-state index contributed by atoms with van der Waals surface area (Å²) in [6.07, 6.45) is 2.64. The first-order valence-corrected chi connectivity index (χ1v) is 33.4. The molecule has 4 aromatic rings. The van der Waals surface area contributed by atoms with E-state index in [0.717, 1.165) is 74.2 Å². The molecule has 26 heteroatoms. The van der Waals surface area contributed by atoms with Gasteiger partial charge in [-0.25, -0.2) is 18.4 Å². The Hall–Kier alpha value is -7.80. The molecule has 474 valence electrons. The molecule has 4 aliphatic heterocycles. The SMILES string of the molecule is CC#CCCC1(NC(=O)c2ccc(-c3c4cc(C)c(=[NH+]CC)cc-4oc4cc(NCC)c(C)cc34)c(C)c2)CCN(C(=O)c2ccc(-c3c4ccc(=O)cc-4oc4cc(O)ccc34)c(C(=O)O)c2)CC1.C[C@H]1CC[C@@H](COP(=O)([O-])OP(=O)([O-])OP(=O)([O-])O)O1. The van der Waals surface area contributed by atoms with Crippen LogP contribution < -0.4 is 41.1 Å². The molecule has 0 saturated carbocycles. The lowest BCUT2D eigenvalue weighted by Crippen LogP contribution is -2.76. The average molecular weight is 1290 g/mol. The molecule has 0 bridgehead atoms. The average Bonchev–Trinajstić information content (AvgIpc) is 0.905. The minimum Gasteiger partial charge on any atom is -0.756 e. The third kappa shape index (κ3) is 15.5. The van der Waals surface area contributed by atoms with Crippen LogP contribution in [0.15, 0.2) is 111 Å². The van der Waals surface area contributed by atoms with Gasteiger partial charge in [0, 0.05) is 105 Å². The Bertz CT molecular complexity index is 4380. The Morgan fingerprint density at radius 3 is 2.10 bits per heavy atom. The summed E-state index contributed by atoms with van der Waals surface area (Å²) in [5.74, 6) is 5.28. The van der Waals surface area contributed by atoms with Crippen molar-refractivity contribution < 1.29 is 89.6 Å². The van der Waals surface area contributed by atoms with Crippen molar-refractivity contribution in [2.24, 2.45) is 0 Å². The predicted molar refractivity (Wildman–Crippen MR) is 329 cm³/mol. The number of carbonyl (C=O) groups is 3. The van der Waals surface area contributed by atoms with Gasteiger partial charge in [-0.05, 0) is 163 Å². The highest BCUT2D eigenvalue weighted by molar-refractivity contribution is 7.65. The Balaban J connectivity index is 0.000000410. The van der Waals surface area contributed by atoms with E-state index in [1.165, 1.54) is 30.3 Å². The standard InChI is InChI=1S/C58H54N4O8.C6H15O11P3/c1-7-10-11-20-58(61-55(65)36-12-16-40(33(4)25-36)53-45-26-34(5)47(59-8-2)31-51(45)70-52-32-48(60-9-3)35(6)27-46(52)53)21-23-62(24-22-58)56(66)37-13-17-41(44(28-37)57(67)68)54-42-18-14-38(63)29-49(42)69-50-30-39(64)15-19-43(50)54;1-5-2-3-6(15-5)4-14-19(10,11)17-20(12,13)16-18(7,8)9/h12-19,25-32,59,63H,8-9,11,20-24H2,1-6H3,(H,61,65)(H,67,68);5-6H,2-4H2,1H3,(H,10,11)(H,12,13)(H2,7,8,9)/p-2/t;5-,6-/m.0/s1. The number of aromatic carboxylic acids is 1. The van der Waals surface area contributed by atoms with E-state index in [2.05, 4.69) is 92.6 Å². The molecule has 6 N–H and O–H groups in total. The quantitative estimate of drug-likeness (QED) is 0.0269. The van der Waals surface area contributed by atoms with Crippen molar-refractivity contribution in [2.45, 2.75) is 105 Å². The summed E-state index contributed by atoms with van der Waals surface area (Å²) < 4.78 is 60.9. The number of rotatable bonds is 18. The van der Waals surface area contributed by atoms with Crippen LogP contribution in [0.1, 0.15) is 114 Å². The number of phosphoric acid groups is 3. The van der Waals surface area contributed by atoms with Gasteiger partial charge in [-0.3, -0.25) is 28.1 Å². The highest BCUT2D eigenvalue weighted by atomic mass is 31.3. The second-order valence-corrected chi connectivity index (χ2v) is 26.5. The number of piperidine rings is 1. The minimum absolute atomic E-state index is 0.0570. The second-order valence-electron chi connectivity index (χ2n) is 22.2. The summed E-state index contributed by atoms with van der Waals surface area (Å²) in [5, 5.41) is 30.2. The number of phenolic OH excluding ortho intramolecular Hbond substituents is 1. The van der Waals surface area contributed by atoms with Gasteiger partial charge in [0.15, 0.2) is 5.43 Å². The van der Waals surface area contributed by atoms with Gasteiger partial charge < -0.3 is 63.4 Å². The van der Waals surface area contributed by atoms with Crippen molar-refractivity contribution in [2.75, 3.05) is 38.1 Å². The number of carboxylic acids is 1. The van der Waals surface area contributed by atoms with Gasteiger partial charge in [-0.2, -0.15) is 0 Å². The van der Waals surface area contributed by atoms with E-state index in [4.69, 9.17) is 18.5 Å². The largest absolute Gasteiger partial charge is 0.756 e. The lowest BCUT2D eigenvalue weighted by atomic mass is 9.82. The lowest BCUT2D eigenvalue weighted by Gasteiger charge is -2.42. The number of aromatic hydroxyl groups is 1. The summed E-state index contributed by atoms with van der Waals surface area (Å²) >= 11 is 0. The molecule has 2 aliphatic carbocycles. The van der Waals surface area contributed by atoms with Gasteiger partial charge in [0.1, 0.15) is 35.0 Å². The normalized spacial score (nSPS) is 17.8. The molecule has 4 aromatic carbocycles. The summed E-state index contributed by atoms with van der Waals surface area (Å²) in [7, 11) is -16.9. The number of fused-ring (bicyclic) bond motifs is 4. The fraction of sp³-hybridized carbons (Fsp3) is 0.328. The maximum atomic E-state index is 14.4. The van der Waals surface area contributed by atoms with Crippen LogP contribution in [-0.4, -0.2) is 88.3 Å². The van der Waals surface area contributed by atoms with Crippen LogP contribution in [0.4, 0.5) is 5.69 Å². The van der Waals surface area contributed by atoms with Gasteiger partial charge in [0.25, 0.3) is 35.3 Å². The molecule has 23 nitrogen and oxygen atoms in total. The smallest absolute Gasteiger partial charge is 0.336 e. The molecule has 5 atom stereocenters. The Labute approximate surface area is 517 Å². The number of benzene rings is 6. The molecule has 3 unspecified atom stereocenters. The number of aryl methyl sites for hydroxylation is 3. The number of hydrogen-bond donors (Lipinski definition) is 6. The van der Waals surface area contributed by atoms with Crippen LogP contribution in [0, 0.1) is 32.6 Å². The lowest BCUT2D eigenvalue weighted by molar-refractivity contribution is -0.496. The number of phenols is 1. The zero-order chi connectivity index (χ0) is 65.0. The number of carboxylic acid groups (broad SMARTS) is 1. The molecule has 2 amide bonds. The number of hydrogen-bond acceptors (Lipinski definition) is 18. The van der Waals surface area contributed by atoms with Crippen molar-refractivity contribution in [1.29, 1.82) is 0 Å². The van der Waals surface area contributed by atoms with Crippen LogP contribution in [0.5, 0.6) is 5.75 Å².